The molecule has 8 nitrogen and oxygen atoms in total. The first-order chi connectivity index (χ1) is 15.3. The Bertz CT molecular complexity index is 1090. The first-order valence-corrected chi connectivity index (χ1v) is 10.8. The summed E-state index contributed by atoms with van der Waals surface area (Å²) < 4.78 is 5.47. The Morgan fingerprint density at radius 1 is 1.09 bits per heavy atom. The average molecular weight is 453 g/mol. The van der Waals surface area contributed by atoms with Gasteiger partial charge in [0.25, 0.3) is 5.91 Å². The molecule has 0 saturated carbocycles. The van der Waals surface area contributed by atoms with Gasteiger partial charge in [-0.3, -0.25) is 19.7 Å². The molecular weight excluding hydrogens is 428 g/mol. The third-order valence-corrected chi connectivity index (χ3v) is 5.31. The van der Waals surface area contributed by atoms with Crippen LogP contribution in [0, 0.1) is 0 Å². The van der Waals surface area contributed by atoms with Gasteiger partial charge in [-0.05, 0) is 30.2 Å². The van der Waals surface area contributed by atoms with Gasteiger partial charge in [-0.15, -0.1) is 11.3 Å². The van der Waals surface area contributed by atoms with Gasteiger partial charge in [0.05, 0.1) is 18.2 Å². The number of thiazole rings is 1. The third-order valence-electron chi connectivity index (χ3n) is 4.55. The maximum absolute atomic E-state index is 12.2. The molecule has 0 saturated heterocycles. The minimum atomic E-state index is -0.406. The number of carbonyl (C=O) groups excluding carboxylic acids is 3. The Morgan fingerprint density at radius 2 is 1.78 bits per heavy atom. The Kier molecular flexibility index (Phi) is 7.56. The number of carbonyl (C=O) groups is 3. The van der Waals surface area contributed by atoms with Crippen molar-refractivity contribution < 1.29 is 19.1 Å². The van der Waals surface area contributed by atoms with Gasteiger partial charge in [0.1, 0.15) is 5.75 Å². The highest BCUT2D eigenvalue weighted by Crippen LogP contribution is 2.26. The van der Waals surface area contributed by atoms with E-state index in [4.69, 9.17) is 10.5 Å². The zero-order chi connectivity index (χ0) is 23.1. The van der Waals surface area contributed by atoms with Crippen LogP contribution in [0.4, 0.5) is 5.13 Å². The molecule has 0 spiro atoms. The lowest BCUT2D eigenvalue weighted by Crippen LogP contribution is -2.23. The summed E-state index contributed by atoms with van der Waals surface area (Å²) in [6.07, 6.45) is 0.157. The molecule has 4 N–H and O–H groups in total. The third kappa shape index (κ3) is 6.64. The van der Waals surface area contributed by atoms with Gasteiger partial charge < -0.3 is 15.8 Å². The highest BCUT2D eigenvalue weighted by atomic mass is 32.1. The first kappa shape index (κ1) is 23.0. The van der Waals surface area contributed by atoms with E-state index in [1.54, 1.807) is 24.3 Å². The summed E-state index contributed by atoms with van der Waals surface area (Å²) >= 11 is 1.32. The summed E-state index contributed by atoms with van der Waals surface area (Å²) in [6, 6.07) is 14.5. The van der Waals surface area contributed by atoms with Gasteiger partial charge in [-0.1, -0.05) is 36.4 Å². The van der Waals surface area contributed by atoms with Crippen LogP contribution in [-0.4, -0.2) is 29.3 Å². The molecule has 1 aromatic heterocycles. The summed E-state index contributed by atoms with van der Waals surface area (Å²) in [7, 11) is 0. The maximum Gasteiger partial charge on any atom is 0.264 e. The normalized spacial score (nSPS) is 11.4. The van der Waals surface area contributed by atoms with E-state index < -0.39 is 5.91 Å². The van der Waals surface area contributed by atoms with Crippen molar-refractivity contribution in [3.05, 3.63) is 65.0 Å². The van der Waals surface area contributed by atoms with Crippen molar-refractivity contribution in [3.8, 4) is 17.0 Å². The Balaban J connectivity index is 1.52. The SMILES string of the molecule is CC(=O)NC(C)c1ccc(-c2csc(NC(=O)COc3ccc(CC(N)=O)cc3)n2)cc1. The zero-order valence-corrected chi connectivity index (χ0v) is 18.6. The molecule has 0 fully saturated rings. The Labute approximate surface area is 189 Å². The zero-order valence-electron chi connectivity index (χ0n) is 17.8. The van der Waals surface area contributed by atoms with Gasteiger partial charge in [0.15, 0.2) is 11.7 Å². The number of nitrogens with two attached hydrogens (primary N) is 1. The van der Waals surface area contributed by atoms with Crippen LogP contribution < -0.4 is 21.1 Å². The second-order valence-electron chi connectivity index (χ2n) is 7.21. The van der Waals surface area contributed by atoms with Crippen molar-refractivity contribution in [1.82, 2.24) is 10.3 Å². The number of nitrogens with one attached hydrogen (secondary N) is 2. The second kappa shape index (κ2) is 10.5. The van der Waals surface area contributed by atoms with Crippen molar-refractivity contribution in [2.75, 3.05) is 11.9 Å². The van der Waals surface area contributed by atoms with Gasteiger partial charge in [0, 0.05) is 17.9 Å². The standard InChI is InChI=1S/C23H24N4O4S/c1-14(25-15(2)28)17-5-7-18(8-6-17)20-13-32-23(26-20)27-22(30)12-31-19-9-3-16(4-10-19)11-21(24)29/h3-10,13-14H,11-12H2,1-2H3,(H2,24,29)(H,25,28)(H,26,27,30). The molecule has 1 unspecified atom stereocenters. The Morgan fingerprint density at radius 3 is 2.41 bits per heavy atom. The monoisotopic (exact) mass is 452 g/mol. The lowest BCUT2D eigenvalue weighted by atomic mass is 10.1. The second-order valence-corrected chi connectivity index (χ2v) is 8.06. The van der Waals surface area contributed by atoms with E-state index in [1.807, 2.05) is 36.6 Å². The predicted molar refractivity (Wildman–Crippen MR) is 123 cm³/mol. The van der Waals surface area contributed by atoms with Gasteiger partial charge in [-0.25, -0.2) is 4.98 Å². The summed E-state index contributed by atoms with van der Waals surface area (Å²) in [5, 5.41) is 7.91. The fourth-order valence-electron chi connectivity index (χ4n) is 3.00. The van der Waals surface area contributed by atoms with Crippen LogP contribution in [0.15, 0.2) is 53.9 Å². The Hall–Kier alpha value is -3.72. The molecule has 0 radical (unpaired) electrons. The van der Waals surface area contributed by atoms with Crippen LogP contribution >= 0.6 is 11.3 Å². The number of anilines is 1. The molecule has 3 rings (SSSR count). The van der Waals surface area contributed by atoms with E-state index in [0.717, 1.165) is 22.4 Å². The number of hydrogen-bond acceptors (Lipinski definition) is 6. The molecule has 32 heavy (non-hydrogen) atoms. The van der Waals surface area contributed by atoms with E-state index in [0.29, 0.717) is 10.9 Å². The van der Waals surface area contributed by atoms with Crippen molar-refractivity contribution in [2.24, 2.45) is 5.73 Å². The minimum absolute atomic E-state index is 0.0776. The van der Waals surface area contributed by atoms with Crippen LogP contribution in [0.3, 0.4) is 0 Å². The molecular formula is C23H24N4O4S. The van der Waals surface area contributed by atoms with Crippen LogP contribution in [0.25, 0.3) is 11.3 Å². The van der Waals surface area contributed by atoms with E-state index in [2.05, 4.69) is 15.6 Å². The van der Waals surface area contributed by atoms with Crippen molar-refractivity contribution in [1.29, 1.82) is 0 Å². The molecule has 9 heteroatoms. The molecule has 0 aliphatic rings. The first-order valence-electron chi connectivity index (χ1n) is 9.93. The van der Waals surface area contributed by atoms with Crippen LogP contribution in [0.1, 0.15) is 31.0 Å². The van der Waals surface area contributed by atoms with Crippen LogP contribution in [0.2, 0.25) is 0 Å². The van der Waals surface area contributed by atoms with Crippen molar-refractivity contribution >= 4 is 34.2 Å². The number of ether oxygens (including phenoxy) is 1. The summed E-state index contributed by atoms with van der Waals surface area (Å²) in [5.41, 5.74) is 8.59. The quantitative estimate of drug-likeness (QED) is 0.460. The summed E-state index contributed by atoms with van der Waals surface area (Å²) in [6.45, 7) is 3.24. The fourth-order valence-corrected chi connectivity index (χ4v) is 3.74. The predicted octanol–water partition coefficient (Wildman–Crippen LogP) is 3.05. The van der Waals surface area contributed by atoms with Crippen molar-refractivity contribution in [3.63, 3.8) is 0 Å². The van der Waals surface area contributed by atoms with E-state index in [9.17, 15) is 14.4 Å². The molecule has 2 aromatic carbocycles. The minimum Gasteiger partial charge on any atom is -0.484 e. The number of nitrogens with zero attached hydrogens (tertiary/aromatic N) is 1. The van der Waals surface area contributed by atoms with Crippen LogP contribution in [-0.2, 0) is 20.8 Å². The van der Waals surface area contributed by atoms with Gasteiger partial charge >= 0.3 is 0 Å². The highest BCUT2D eigenvalue weighted by molar-refractivity contribution is 7.14. The molecule has 3 aromatic rings. The summed E-state index contributed by atoms with van der Waals surface area (Å²) in [5.74, 6) is -0.296. The number of rotatable bonds is 9. The van der Waals surface area contributed by atoms with E-state index >= 15 is 0 Å². The van der Waals surface area contributed by atoms with E-state index in [-0.39, 0.29) is 30.9 Å². The van der Waals surface area contributed by atoms with Gasteiger partial charge in [0.2, 0.25) is 11.8 Å². The number of benzene rings is 2. The molecule has 3 amide bonds. The van der Waals surface area contributed by atoms with Crippen LogP contribution in [0.5, 0.6) is 5.75 Å². The maximum atomic E-state index is 12.2. The average Bonchev–Trinajstić information content (AvgIpc) is 3.21. The largest absolute Gasteiger partial charge is 0.484 e. The molecule has 1 heterocycles. The number of aromatic nitrogens is 1. The topological polar surface area (TPSA) is 123 Å². The smallest absolute Gasteiger partial charge is 0.264 e. The highest BCUT2D eigenvalue weighted by Gasteiger charge is 2.11. The number of hydrogen-bond donors (Lipinski definition) is 3. The molecule has 1 atom stereocenters. The molecule has 0 aliphatic carbocycles. The number of primary amides is 1. The van der Waals surface area contributed by atoms with Gasteiger partial charge in [-0.2, -0.15) is 0 Å². The number of amides is 3. The fraction of sp³-hybridized carbons (Fsp3) is 0.217. The van der Waals surface area contributed by atoms with Crippen molar-refractivity contribution in [2.45, 2.75) is 26.3 Å². The molecule has 0 aliphatic heterocycles. The molecule has 166 valence electrons. The lowest BCUT2D eigenvalue weighted by molar-refractivity contribution is -0.120. The van der Waals surface area contributed by atoms with E-state index in [1.165, 1.54) is 18.3 Å². The lowest BCUT2D eigenvalue weighted by Gasteiger charge is -2.13. The molecule has 0 bridgehead atoms. The summed E-state index contributed by atoms with van der Waals surface area (Å²) in [4.78, 5) is 38.8.